The summed E-state index contributed by atoms with van der Waals surface area (Å²) in [5, 5.41) is 0.991. The molecule has 1 aromatic carbocycles. The van der Waals surface area contributed by atoms with Gasteiger partial charge < -0.3 is 5.73 Å². The van der Waals surface area contributed by atoms with Gasteiger partial charge in [0, 0.05) is 17.1 Å². The van der Waals surface area contributed by atoms with E-state index < -0.39 is 11.7 Å². The van der Waals surface area contributed by atoms with Gasteiger partial charge in [-0.2, -0.15) is 0 Å². The van der Waals surface area contributed by atoms with Gasteiger partial charge in [-0.1, -0.05) is 30.8 Å². The number of primary amides is 1. The number of nitrogens with two attached hydrogens (primary N) is 1. The first-order valence-electron chi connectivity index (χ1n) is 9.19. The summed E-state index contributed by atoms with van der Waals surface area (Å²) >= 11 is 2.80. The summed E-state index contributed by atoms with van der Waals surface area (Å²) in [5.41, 5.74) is 6.22. The normalized spacial score (nSPS) is 16.3. The molecule has 1 atom stereocenters. The van der Waals surface area contributed by atoms with Crippen LogP contribution >= 0.6 is 23.1 Å². The zero-order chi connectivity index (χ0) is 19.8. The Labute approximate surface area is 169 Å². The summed E-state index contributed by atoms with van der Waals surface area (Å²) in [6.45, 7) is 2.21. The topological polar surface area (TPSA) is 78.0 Å². The molecule has 1 aliphatic rings. The van der Waals surface area contributed by atoms with Gasteiger partial charge in [0.2, 0.25) is 5.91 Å². The quantitative estimate of drug-likeness (QED) is 0.507. The van der Waals surface area contributed by atoms with Gasteiger partial charge >= 0.3 is 0 Å². The molecule has 4 rings (SSSR count). The second-order valence-corrected chi connectivity index (χ2v) is 9.23. The molecule has 146 valence electrons. The predicted molar refractivity (Wildman–Crippen MR) is 111 cm³/mol. The van der Waals surface area contributed by atoms with E-state index in [9.17, 15) is 14.0 Å². The first-order chi connectivity index (χ1) is 13.5. The van der Waals surface area contributed by atoms with Gasteiger partial charge in [-0.3, -0.25) is 14.2 Å². The molecule has 2 N–H and O–H groups in total. The SMILES string of the molecule is C[C@H]1CCc2c(sc3nc(SCCC(N)=O)n(-c4ccccc4F)c(=O)c23)C1. The zero-order valence-electron chi connectivity index (χ0n) is 15.4. The van der Waals surface area contributed by atoms with Crippen molar-refractivity contribution < 1.29 is 9.18 Å². The summed E-state index contributed by atoms with van der Waals surface area (Å²) in [5.74, 6) is 0.0528. The van der Waals surface area contributed by atoms with E-state index >= 15 is 0 Å². The van der Waals surface area contributed by atoms with Crippen LogP contribution in [0.25, 0.3) is 15.9 Å². The van der Waals surface area contributed by atoms with E-state index in [4.69, 9.17) is 10.7 Å². The first-order valence-corrected chi connectivity index (χ1v) is 11.0. The standard InChI is InChI=1S/C20H20FN3O2S2/c1-11-6-7-12-15(10-11)28-18-17(12)19(26)24(14-5-3-2-4-13(14)21)20(23-18)27-9-8-16(22)25/h2-5,11H,6-10H2,1H3,(H2,22,25)/t11-/m0/s1. The Hall–Kier alpha value is -2.19. The maximum absolute atomic E-state index is 14.5. The summed E-state index contributed by atoms with van der Waals surface area (Å²) in [6, 6.07) is 6.18. The Balaban J connectivity index is 1.93. The van der Waals surface area contributed by atoms with Crippen LogP contribution in [0.2, 0.25) is 0 Å². The molecule has 8 heteroatoms. The fraction of sp³-hybridized carbons (Fsp3) is 0.350. The van der Waals surface area contributed by atoms with Crippen molar-refractivity contribution in [1.29, 1.82) is 0 Å². The highest BCUT2D eigenvalue weighted by Gasteiger charge is 2.25. The number of nitrogens with zero attached hydrogens (tertiary/aromatic N) is 2. The van der Waals surface area contributed by atoms with E-state index in [0.717, 1.165) is 24.8 Å². The van der Waals surface area contributed by atoms with Gasteiger partial charge in [0.25, 0.3) is 5.56 Å². The van der Waals surface area contributed by atoms with Crippen molar-refractivity contribution in [2.45, 2.75) is 37.8 Å². The Morgan fingerprint density at radius 1 is 1.43 bits per heavy atom. The zero-order valence-corrected chi connectivity index (χ0v) is 17.0. The van der Waals surface area contributed by atoms with Crippen LogP contribution in [0.15, 0.2) is 34.2 Å². The van der Waals surface area contributed by atoms with Crippen LogP contribution in [0.5, 0.6) is 0 Å². The molecule has 0 aliphatic heterocycles. The summed E-state index contributed by atoms with van der Waals surface area (Å²) < 4.78 is 15.9. The molecule has 0 unspecified atom stereocenters. The van der Waals surface area contributed by atoms with Crippen LogP contribution in [0.1, 0.15) is 30.2 Å². The molecule has 0 saturated carbocycles. The highest BCUT2D eigenvalue weighted by Crippen LogP contribution is 2.37. The number of aromatic nitrogens is 2. The van der Waals surface area contributed by atoms with E-state index in [2.05, 4.69) is 6.92 Å². The lowest BCUT2D eigenvalue weighted by molar-refractivity contribution is -0.117. The number of fused-ring (bicyclic) bond motifs is 3. The molecule has 3 aromatic rings. The van der Waals surface area contributed by atoms with Crippen LogP contribution in [0, 0.1) is 11.7 Å². The number of rotatable bonds is 5. The van der Waals surface area contributed by atoms with E-state index in [1.807, 2.05) is 0 Å². The monoisotopic (exact) mass is 417 g/mol. The average Bonchev–Trinajstić information content (AvgIpc) is 3.00. The number of carbonyl (C=O) groups is 1. The fourth-order valence-electron chi connectivity index (χ4n) is 3.56. The van der Waals surface area contributed by atoms with Gasteiger partial charge in [0.15, 0.2) is 5.16 Å². The van der Waals surface area contributed by atoms with E-state index in [0.29, 0.717) is 27.0 Å². The lowest BCUT2D eigenvalue weighted by Gasteiger charge is -2.18. The second-order valence-electron chi connectivity index (χ2n) is 7.08. The molecule has 1 amide bonds. The number of carbonyl (C=O) groups excluding carboxylic acids is 1. The Morgan fingerprint density at radius 2 is 2.21 bits per heavy atom. The highest BCUT2D eigenvalue weighted by molar-refractivity contribution is 7.99. The number of thioether (sulfide) groups is 1. The van der Waals surface area contributed by atoms with Crippen molar-refractivity contribution in [2.75, 3.05) is 5.75 Å². The number of halogens is 1. The van der Waals surface area contributed by atoms with Crippen molar-refractivity contribution in [2.24, 2.45) is 11.7 Å². The lowest BCUT2D eigenvalue weighted by atomic mass is 9.89. The molecule has 0 radical (unpaired) electrons. The maximum Gasteiger partial charge on any atom is 0.267 e. The molecule has 1 aliphatic carbocycles. The Bertz CT molecular complexity index is 1120. The van der Waals surface area contributed by atoms with Crippen molar-refractivity contribution in [3.8, 4) is 5.69 Å². The van der Waals surface area contributed by atoms with Crippen LogP contribution in [-0.2, 0) is 17.6 Å². The third-order valence-corrected chi connectivity index (χ3v) is 7.06. The van der Waals surface area contributed by atoms with Crippen molar-refractivity contribution in [1.82, 2.24) is 9.55 Å². The lowest BCUT2D eigenvalue weighted by Crippen LogP contribution is -2.23. The third kappa shape index (κ3) is 3.46. The number of para-hydroxylation sites is 1. The average molecular weight is 418 g/mol. The summed E-state index contributed by atoms with van der Waals surface area (Å²) in [6.07, 6.45) is 2.99. The molecular weight excluding hydrogens is 397 g/mol. The number of aryl methyl sites for hydroxylation is 1. The second kappa shape index (κ2) is 7.67. The van der Waals surface area contributed by atoms with Crippen molar-refractivity contribution >= 4 is 39.2 Å². The molecular formula is C20H20FN3O2S2. The molecule has 0 saturated heterocycles. The Morgan fingerprint density at radius 3 is 2.96 bits per heavy atom. The summed E-state index contributed by atoms with van der Waals surface area (Å²) in [7, 11) is 0. The molecule has 2 heterocycles. The maximum atomic E-state index is 14.5. The van der Waals surface area contributed by atoms with Crippen LogP contribution in [-0.4, -0.2) is 21.2 Å². The molecule has 28 heavy (non-hydrogen) atoms. The number of hydrogen-bond donors (Lipinski definition) is 1. The fourth-order valence-corrected chi connectivity index (χ4v) is 5.94. The molecule has 5 nitrogen and oxygen atoms in total. The summed E-state index contributed by atoms with van der Waals surface area (Å²) in [4.78, 5) is 31.2. The molecule has 0 bridgehead atoms. The van der Waals surface area contributed by atoms with Gasteiger partial charge in [-0.25, -0.2) is 9.37 Å². The minimum absolute atomic E-state index is 0.161. The molecule has 0 spiro atoms. The number of thiophene rings is 1. The van der Waals surface area contributed by atoms with Gasteiger partial charge in [0.1, 0.15) is 10.6 Å². The predicted octanol–water partition coefficient (Wildman–Crippen LogP) is 3.68. The third-order valence-electron chi connectivity index (χ3n) is 4.97. The van der Waals surface area contributed by atoms with Crippen LogP contribution in [0.4, 0.5) is 4.39 Å². The van der Waals surface area contributed by atoms with Crippen molar-refractivity contribution in [3.63, 3.8) is 0 Å². The smallest absolute Gasteiger partial charge is 0.267 e. The van der Waals surface area contributed by atoms with E-state index in [1.54, 1.807) is 29.5 Å². The van der Waals surface area contributed by atoms with E-state index in [-0.39, 0.29) is 17.7 Å². The molecule has 0 fully saturated rings. The van der Waals surface area contributed by atoms with Gasteiger partial charge in [0.05, 0.1) is 11.1 Å². The largest absolute Gasteiger partial charge is 0.370 e. The number of hydrogen-bond acceptors (Lipinski definition) is 5. The minimum Gasteiger partial charge on any atom is -0.370 e. The number of amides is 1. The Kier molecular flexibility index (Phi) is 5.25. The van der Waals surface area contributed by atoms with E-state index in [1.165, 1.54) is 27.3 Å². The van der Waals surface area contributed by atoms with Crippen molar-refractivity contribution in [3.05, 3.63) is 50.9 Å². The minimum atomic E-state index is -0.486. The van der Waals surface area contributed by atoms with Gasteiger partial charge in [-0.05, 0) is 42.9 Å². The number of benzene rings is 1. The van der Waals surface area contributed by atoms with Gasteiger partial charge in [-0.15, -0.1) is 11.3 Å². The van der Waals surface area contributed by atoms with Crippen LogP contribution in [0.3, 0.4) is 0 Å². The molecule has 2 aromatic heterocycles. The highest BCUT2D eigenvalue weighted by atomic mass is 32.2. The first kappa shape index (κ1) is 19.1. The van der Waals surface area contributed by atoms with Crippen LogP contribution < -0.4 is 11.3 Å².